The van der Waals surface area contributed by atoms with Gasteiger partial charge in [-0.05, 0) is 19.4 Å². The molecule has 6 nitrogen and oxygen atoms in total. The van der Waals surface area contributed by atoms with Crippen molar-refractivity contribution in [3.05, 3.63) is 28.5 Å². The molecule has 3 aromatic heterocycles. The highest BCUT2D eigenvalue weighted by Crippen LogP contribution is 2.30. The molecule has 0 spiro atoms. The fourth-order valence-corrected chi connectivity index (χ4v) is 3.03. The molecular formula is C14H17N5OS. The van der Waals surface area contributed by atoms with Gasteiger partial charge in [0.2, 0.25) is 5.95 Å². The predicted octanol–water partition coefficient (Wildman–Crippen LogP) is 3.20. The first kappa shape index (κ1) is 13.8. The predicted molar refractivity (Wildman–Crippen MR) is 84.9 cm³/mol. The van der Waals surface area contributed by atoms with Gasteiger partial charge in [-0.25, -0.2) is 4.98 Å². The van der Waals surface area contributed by atoms with Crippen LogP contribution < -0.4 is 10.6 Å². The van der Waals surface area contributed by atoms with Gasteiger partial charge in [-0.1, -0.05) is 12.1 Å². The summed E-state index contributed by atoms with van der Waals surface area (Å²) in [5, 5.41) is 11.2. The molecule has 0 saturated carbocycles. The summed E-state index contributed by atoms with van der Waals surface area (Å²) in [4.78, 5) is 11.3. The Morgan fingerprint density at radius 1 is 1.29 bits per heavy atom. The molecule has 0 unspecified atom stereocenters. The van der Waals surface area contributed by atoms with Crippen LogP contribution >= 0.6 is 11.3 Å². The van der Waals surface area contributed by atoms with Gasteiger partial charge in [0.15, 0.2) is 5.76 Å². The van der Waals surface area contributed by atoms with E-state index < -0.39 is 0 Å². The summed E-state index contributed by atoms with van der Waals surface area (Å²) in [7, 11) is 1.82. The van der Waals surface area contributed by atoms with Crippen LogP contribution in [0, 0.1) is 6.92 Å². The average Bonchev–Trinajstić information content (AvgIpc) is 3.10. The molecule has 0 fully saturated rings. The van der Waals surface area contributed by atoms with Gasteiger partial charge in [-0.15, -0.1) is 11.3 Å². The summed E-state index contributed by atoms with van der Waals surface area (Å²) in [6.45, 7) is 4.59. The number of hydrogen-bond acceptors (Lipinski definition) is 7. The van der Waals surface area contributed by atoms with Crippen LogP contribution in [-0.2, 0) is 13.0 Å². The molecule has 3 rings (SSSR count). The summed E-state index contributed by atoms with van der Waals surface area (Å²) in [6.07, 6.45) is 0.997. The molecule has 21 heavy (non-hydrogen) atoms. The highest BCUT2D eigenvalue weighted by molar-refractivity contribution is 7.18. The molecule has 3 aromatic rings. The fraction of sp³-hybridized carbons (Fsp3) is 0.357. The van der Waals surface area contributed by atoms with E-state index in [1.807, 2.05) is 20.0 Å². The third kappa shape index (κ3) is 2.82. The molecular weight excluding hydrogens is 286 g/mol. The Labute approximate surface area is 126 Å². The number of aromatic nitrogens is 3. The summed E-state index contributed by atoms with van der Waals surface area (Å²) >= 11 is 1.70. The van der Waals surface area contributed by atoms with E-state index in [-0.39, 0.29) is 0 Å². The summed E-state index contributed by atoms with van der Waals surface area (Å²) in [5.74, 6) is 2.22. The van der Waals surface area contributed by atoms with E-state index in [9.17, 15) is 0 Å². The minimum Gasteiger partial charge on any atom is -0.362 e. The highest BCUT2D eigenvalue weighted by Gasteiger charge is 2.11. The van der Waals surface area contributed by atoms with Crippen molar-refractivity contribution in [1.82, 2.24) is 15.1 Å². The topological polar surface area (TPSA) is 75.9 Å². The van der Waals surface area contributed by atoms with E-state index in [0.29, 0.717) is 12.5 Å². The van der Waals surface area contributed by atoms with Crippen molar-refractivity contribution in [3.63, 3.8) is 0 Å². The van der Waals surface area contributed by atoms with Crippen LogP contribution in [0.4, 0.5) is 11.8 Å². The van der Waals surface area contributed by atoms with Crippen molar-refractivity contribution < 1.29 is 4.52 Å². The second-order valence-corrected chi connectivity index (χ2v) is 5.83. The molecule has 7 heteroatoms. The van der Waals surface area contributed by atoms with Gasteiger partial charge in [0.1, 0.15) is 10.6 Å². The normalized spacial score (nSPS) is 11.0. The number of thiophene rings is 1. The number of nitrogens with one attached hydrogen (secondary N) is 2. The van der Waals surface area contributed by atoms with Crippen molar-refractivity contribution in [3.8, 4) is 0 Å². The lowest BCUT2D eigenvalue weighted by molar-refractivity contribution is 0.384. The number of anilines is 2. The SMILES string of the molecule is CCc1cc2c(NCc3cc(C)no3)nc(NC)nc2s1. The zero-order valence-electron chi connectivity index (χ0n) is 12.2. The van der Waals surface area contributed by atoms with Crippen molar-refractivity contribution in [2.24, 2.45) is 0 Å². The lowest BCUT2D eigenvalue weighted by atomic mass is 10.3. The molecule has 0 amide bonds. The van der Waals surface area contributed by atoms with Crippen molar-refractivity contribution in [1.29, 1.82) is 0 Å². The van der Waals surface area contributed by atoms with E-state index in [4.69, 9.17) is 4.52 Å². The Morgan fingerprint density at radius 3 is 2.81 bits per heavy atom. The quantitative estimate of drug-likeness (QED) is 0.754. The van der Waals surface area contributed by atoms with Gasteiger partial charge in [-0.3, -0.25) is 0 Å². The number of nitrogens with zero attached hydrogens (tertiary/aromatic N) is 3. The Balaban J connectivity index is 1.93. The lowest BCUT2D eigenvalue weighted by Crippen LogP contribution is -2.04. The minimum atomic E-state index is 0.549. The molecule has 0 aromatic carbocycles. The monoisotopic (exact) mass is 303 g/mol. The molecule has 0 bridgehead atoms. The summed E-state index contributed by atoms with van der Waals surface area (Å²) < 4.78 is 5.21. The Kier molecular flexibility index (Phi) is 3.74. The van der Waals surface area contributed by atoms with Crippen LogP contribution in [0.25, 0.3) is 10.2 Å². The van der Waals surface area contributed by atoms with E-state index in [2.05, 4.69) is 38.7 Å². The molecule has 0 aliphatic rings. The summed E-state index contributed by atoms with van der Waals surface area (Å²) in [5.41, 5.74) is 0.874. The second-order valence-electron chi connectivity index (χ2n) is 4.72. The van der Waals surface area contributed by atoms with E-state index in [0.717, 1.165) is 33.9 Å². The molecule has 3 heterocycles. The van der Waals surface area contributed by atoms with Gasteiger partial charge < -0.3 is 15.2 Å². The van der Waals surface area contributed by atoms with Crippen LogP contribution in [-0.4, -0.2) is 22.2 Å². The molecule has 110 valence electrons. The van der Waals surface area contributed by atoms with E-state index in [1.165, 1.54) is 4.88 Å². The van der Waals surface area contributed by atoms with Gasteiger partial charge in [-0.2, -0.15) is 4.98 Å². The number of hydrogen-bond donors (Lipinski definition) is 2. The largest absolute Gasteiger partial charge is 0.362 e. The average molecular weight is 303 g/mol. The standard InChI is InChI=1S/C14H17N5OS/c1-4-10-6-11-12(16-7-9-5-8(2)19-20-9)17-14(15-3)18-13(11)21-10/h5-6H,4,7H2,1-3H3,(H2,15,16,17,18). The maximum absolute atomic E-state index is 5.21. The van der Waals surface area contributed by atoms with Crippen LogP contribution in [0.1, 0.15) is 23.3 Å². The van der Waals surface area contributed by atoms with Crippen LogP contribution in [0.2, 0.25) is 0 Å². The first-order valence-corrected chi connectivity index (χ1v) is 7.65. The van der Waals surface area contributed by atoms with Gasteiger partial charge in [0.05, 0.1) is 17.6 Å². The number of rotatable bonds is 5. The zero-order chi connectivity index (χ0) is 14.8. The fourth-order valence-electron chi connectivity index (χ4n) is 2.06. The lowest BCUT2D eigenvalue weighted by Gasteiger charge is -2.06. The molecule has 0 aliphatic carbocycles. The van der Waals surface area contributed by atoms with Crippen molar-refractivity contribution >= 4 is 33.3 Å². The summed E-state index contributed by atoms with van der Waals surface area (Å²) in [6, 6.07) is 4.06. The van der Waals surface area contributed by atoms with E-state index in [1.54, 1.807) is 11.3 Å². The Bertz CT molecular complexity index is 764. The first-order valence-electron chi connectivity index (χ1n) is 6.84. The smallest absolute Gasteiger partial charge is 0.225 e. The molecule has 2 N–H and O–H groups in total. The Morgan fingerprint density at radius 2 is 2.14 bits per heavy atom. The Hall–Kier alpha value is -2.15. The maximum Gasteiger partial charge on any atom is 0.225 e. The second kappa shape index (κ2) is 5.69. The number of aryl methyl sites for hydroxylation is 2. The molecule has 0 aliphatic heterocycles. The molecule has 0 saturated heterocycles. The maximum atomic E-state index is 5.21. The third-order valence-electron chi connectivity index (χ3n) is 3.12. The number of fused-ring (bicyclic) bond motifs is 1. The van der Waals surface area contributed by atoms with Crippen LogP contribution in [0.3, 0.4) is 0 Å². The van der Waals surface area contributed by atoms with Gasteiger partial charge in [0, 0.05) is 18.0 Å². The molecule has 0 radical (unpaired) electrons. The van der Waals surface area contributed by atoms with Crippen molar-refractivity contribution in [2.75, 3.05) is 17.7 Å². The minimum absolute atomic E-state index is 0.549. The van der Waals surface area contributed by atoms with Crippen LogP contribution in [0.15, 0.2) is 16.7 Å². The first-order chi connectivity index (χ1) is 10.2. The van der Waals surface area contributed by atoms with Gasteiger partial charge >= 0.3 is 0 Å². The zero-order valence-corrected chi connectivity index (χ0v) is 13.0. The molecule has 0 atom stereocenters. The third-order valence-corrected chi connectivity index (χ3v) is 4.30. The van der Waals surface area contributed by atoms with Crippen LogP contribution in [0.5, 0.6) is 0 Å². The van der Waals surface area contributed by atoms with E-state index >= 15 is 0 Å². The van der Waals surface area contributed by atoms with Crippen molar-refractivity contribution in [2.45, 2.75) is 26.8 Å². The highest BCUT2D eigenvalue weighted by atomic mass is 32.1. The van der Waals surface area contributed by atoms with Gasteiger partial charge in [0.25, 0.3) is 0 Å².